The first-order valence-corrected chi connectivity index (χ1v) is 6.18. The first kappa shape index (κ1) is 10.9. The summed E-state index contributed by atoms with van der Waals surface area (Å²) in [5.74, 6) is 0.919. The Morgan fingerprint density at radius 2 is 1.83 bits per heavy atom. The van der Waals surface area contributed by atoms with E-state index in [1.54, 1.807) is 0 Å². The van der Waals surface area contributed by atoms with E-state index in [0.717, 1.165) is 5.75 Å². The molecule has 2 aromatic carbocycles. The third-order valence-corrected chi connectivity index (χ3v) is 3.07. The summed E-state index contributed by atoms with van der Waals surface area (Å²) in [7, 11) is 0. The minimum atomic E-state index is 0.701. The summed E-state index contributed by atoms with van der Waals surface area (Å²) < 4.78 is 5.46. The van der Waals surface area contributed by atoms with Gasteiger partial charge >= 0.3 is 0 Å². The van der Waals surface area contributed by atoms with E-state index >= 15 is 0 Å². The van der Waals surface area contributed by atoms with Gasteiger partial charge in [0.2, 0.25) is 0 Å². The number of nitrogens with one attached hydrogen (secondary N) is 1. The fraction of sp³-hybridized carbons (Fsp3) is 0.125. The van der Waals surface area contributed by atoms with E-state index < -0.39 is 0 Å². The number of hydrogen-bond acceptors (Lipinski definition) is 1. The molecule has 0 radical (unpaired) electrons. The predicted molar refractivity (Wildman–Crippen MR) is 74.9 cm³/mol. The maximum Gasteiger partial charge on any atom is 0.119 e. The largest absolute Gasteiger partial charge is 0.494 e. The molecule has 0 saturated heterocycles. The van der Waals surface area contributed by atoms with Gasteiger partial charge in [0, 0.05) is 17.1 Å². The van der Waals surface area contributed by atoms with Crippen molar-refractivity contribution in [2.24, 2.45) is 0 Å². The van der Waals surface area contributed by atoms with Crippen LogP contribution in [0.15, 0.2) is 54.7 Å². The molecule has 0 amide bonds. The average molecular weight is 237 g/mol. The molecule has 0 bridgehead atoms. The number of H-pyrrole nitrogens is 1. The second-order valence-electron chi connectivity index (χ2n) is 4.20. The Labute approximate surface area is 106 Å². The van der Waals surface area contributed by atoms with E-state index in [2.05, 4.69) is 41.4 Å². The van der Waals surface area contributed by atoms with E-state index in [4.69, 9.17) is 4.74 Å². The maximum atomic E-state index is 5.46. The fourth-order valence-electron chi connectivity index (χ4n) is 2.23. The van der Waals surface area contributed by atoms with Gasteiger partial charge in [0.25, 0.3) is 0 Å². The van der Waals surface area contributed by atoms with Crippen LogP contribution in [0.1, 0.15) is 6.92 Å². The lowest BCUT2D eigenvalue weighted by atomic mass is 10.0. The molecule has 3 rings (SSSR count). The second-order valence-corrected chi connectivity index (χ2v) is 4.20. The van der Waals surface area contributed by atoms with Crippen molar-refractivity contribution in [1.82, 2.24) is 4.98 Å². The minimum absolute atomic E-state index is 0.701. The quantitative estimate of drug-likeness (QED) is 0.724. The molecule has 0 spiro atoms. The highest BCUT2D eigenvalue weighted by Crippen LogP contribution is 2.29. The summed E-state index contributed by atoms with van der Waals surface area (Å²) in [5.41, 5.74) is 3.63. The zero-order valence-corrected chi connectivity index (χ0v) is 10.3. The molecule has 0 aliphatic rings. The summed E-state index contributed by atoms with van der Waals surface area (Å²) in [4.78, 5) is 3.24. The fourth-order valence-corrected chi connectivity index (χ4v) is 2.23. The van der Waals surface area contributed by atoms with Crippen LogP contribution in [0.3, 0.4) is 0 Å². The molecule has 1 N–H and O–H groups in total. The van der Waals surface area contributed by atoms with Crippen molar-refractivity contribution in [3.05, 3.63) is 54.7 Å². The molecular weight excluding hydrogens is 222 g/mol. The van der Waals surface area contributed by atoms with Gasteiger partial charge in [0.1, 0.15) is 5.75 Å². The Morgan fingerprint density at radius 1 is 1.00 bits per heavy atom. The van der Waals surface area contributed by atoms with Crippen LogP contribution in [0, 0.1) is 0 Å². The van der Waals surface area contributed by atoms with E-state index in [-0.39, 0.29) is 0 Å². The molecule has 0 aliphatic heterocycles. The van der Waals surface area contributed by atoms with Gasteiger partial charge < -0.3 is 9.72 Å². The highest BCUT2D eigenvalue weighted by molar-refractivity contribution is 5.95. The van der Waals surface area contributed by atoms with Gasteiger partial charge in [0.05, 0.1) is 6.61 Å². The summed E-state index contributed by atoms with van der Waals surface area (Å²) in [5, 5.41) is 1.25. The van der Waals surface area contributed by atoms with E-state index in [1.165, 1.54) is 22.0 Å². The van der Waals surface area contributed by atoms with Gasteiger partial charge in [-0.2, -0.15) is 0 Å². The molecule has 0 unspecified atom stereocenters. The molecule has 1 aromatic heterocycles. The summed E-state index contributed by atoms with van der Waals surface area (Å²) in [6.07, 6.45) is 1.97. The van der Waals surface area contributed by atoms with Crippen molar-refractivity contribution in [1.29, 1.82) is 0 Å². The van der Waals surface area contributed by atoms with Crippen LogP contribution in [0.5, 0.6) is 5.75 Å². The molecule has 90 valence electrons. The van der Waals surface area contributed by atoms with Crippen LogP contribution >= 0.6 is 0 Å². The zero-order chi connectivity index (χ0) is 12.4. The minimum Gasteiger partial charge on any atom is -0.494 e. The molecule has 0 atom stereocenters. The Balaban J connectivity index is 2.06. The van der Waals surface area contributed by atoms with Crippen LogP contribution in [0.4, 0.5) is 0 Å². The van der Waals surface area contributed by atoms with Crippen LogP contribution in [-0.4, -0.2) is 11.6 Å². The Kier molecular flexibility index (Phi) is 2.77. The molecule has 0 fully saturated rings. The Morgan fingerprint density at radius 3 is 2.61 bits per heavy atom. The maximum absolute atomic E-state index is 5.46. The molecule has 1 heterocycles. The van der Waals surface area contributed by atoms with Crippen molar-refractivity contribution in [3.8, 4) is 16.9 Å². The molecule has 2 nitrogen and oxygen atoms in total. The number of benzene rings is 2. The highest BCUT2D eigenvalue weighted by Gasteiger charge is 2.04. The molecular formula is C16H15NO. The van der Waals surface area contributed by atoms with Crippen molar-refractivity contribution >= 4 is 10.9 Å². The summed E-state index contributed by atoms with van der Waals surface area (Å²) >= 11 is 0. The monoisotopic (exact) mass is 237 g/mol. The SMILES string of the molecule is CCOc1ccc(-c2cccc3[nH]ccc23)cc1. The highest BCUT2D eigenvalue weighted by atomic mass is 16.5. The smallest absolute Gasteiger partial charge is 0.119 e. The molecule has 2 heteroatoms. The lowest BCUT2D eigenvalue weighted by molar-refractivity contribution is 0.340. The van der Waals surface area contributed by atoms with E-state index in [1.807, 2.05) is 25.3 Å². The first-order chi connectivity index (χ1) is 8.88. The van der Waals surface area contributed by atoms with Crippen molar-refractivity contribution in [2.75, 3.05) is 6.61 Å². The number of rotatable bonds is 3. The Bertz CT molecular complexity index is 652. The average Bonchev–Trinajstić information content (AvgIpc) is 2.88. The van der Waals surface area contributed by atoms with Gasteiger partial charge in [0.15, 0.2) is 0 Å². The van der Waals surface area contributed by atoms with Gasteiger partial charge in [-0.1, -0.05) is 24.3 Å². The van der Waals surface area contributed by atoms with Crippen LogP contribution in [-0.2, 0) is 0 Å². The van der Waals surface area contributed by atoms with Gasteiger partial charge in [-0.25, -0.2) is 0 Å². The van der Waals surface area contributed by atoms with Crippen molar-refractivity contribution < 1.29 is 4.74 Å². The van der Waals surface area contributed by atoms with Gasteiger partial charge in [-0.05, 0) is 42.3 Å². The molecule has 18 heavy (non-hydrogen) atoms. The number of fused-ring (bicyclic) bond motifs is 1. The van der Waals surface area contributed by atoms with E-state index in [9.17, 15) is 0 Å². The number of aromatic nitrogens is 1. The normalized spacial score (nSPS) is 10.7. The third-order valence-electron chi connectivity index (χ3n) is 3.07. The summed E-state index contributed by atoms with van der Waals surface area (Å²) in [6, 6.07) is 16.7. The predicted octanol–water partition coefficient (Wildman–Crippen LogP) is 4.23. The lowest BCUT2D eigenvalue weighted by Crippen LogP contribution is -1.90. The van der Waals surface area contributed by atoms with Crippen LogP contribution in [0.2, 0.25) is 0 Å². The summed E-state index contributed by atoms with van der Waals surface area (Å²) in [6.45, 7) is 2.70. The molecule has 0 aliphatic carbocycles. The zero-order valence-electron chi connectivity index (χ0n) is 10.3. The number of aromatic amines is 1. The lowest BCUT2D eigenvalue weighted by Gasteiger charge is -2.06. The number of hydrogen-bond donors (Lipinski definition) is 1. The molecule has 3 aromatic rings. The standard InChI is InChI=1S/C16H15NO/c1-2-18-13-8-6-12(7-9-13)14-4-3-5-16-15(14)10-11-17-16/h3-11,17H,2H2,1H3. The van der Waals surface area contributed by atoms with Crippen molar-refractivity contribution in [3.63, 3.8) is 0 Å². The van der Waals surface area contributed by atoms with E-state index in [0.29, 0.717) is 6.61 Å². The Hall–Kier alpha value is -2.22. The van der Waals surface area contributed by atoms with Crippen LogP contribution in [0.25, 0.3) is 22.0 Å². The van der Waals surface area contributed by atoms with Gasteiger partial charge in [-0.15, -0.1) is 0 Å². The second kappa shape index (κ2) is 4.57. The first-order valence-electron chi connectivity index (χ1n) is 6.18. The third kappa shape index (κ3) is 1.86. The molecule has 0 saturated carbocycles. The van der Waals surface area contributed by atoms with Crippen molar-refractivity contribution in [2.45, 2.75) is 6.92 Å². The number of ether oxygens (including phenoxy) is 1. The van der Waals surface area contributed by atoms with Crippen LogP contribution < -0.4 is 4.74 Å². The van der Waals surface area contributed by atoms with Gasteiger partial charge in [-0.3, -0.25) is 0 Å². The topological polar surface area (TPSA) is 25.0 Å².